The summed E-state index contributed by atoms with van der Waals surface area (Å²) in [6.07, 6.45) is 7.49. The van der Waals surface area contributed by atoms with Crippen LogP contribution in [0.1, 0.15) is 44.0 Å². The molecule has 0 aliphatic carbocycles. The molecule has 0 fully saturated rings. The van der Waals surface area contributed by atoms with E-state index < -0.39 is 5.97 Å². The highest BCUT2D eigenvalue weighted by Crippen LogP contribution is 2.10. The van der Waals surface area contributed by atoms with Gasteiger partial charge in [-0.3, -0.25) is 0 Å². The van der Waals surface area contributed by atoms with Crippen LogP contribution in [-0.4, -0.2) is 12.2 Å². The van der Waals surface area contributed by atoms with Crippen LogP contribution in [0.5, 0.6) is 0 Å². The zero-order valence-electron chi connectivity index (χ0n) is 12.6. The lowest BCUT2D eigenvalue weighted by molar-refractivity contribution is 0.0519. The van der Waals surface area contributed by atoms with Gasteiger partial charge < -0.3 is 4.84 Å². The number of hydrogen-bond donors (Lipinski definition) is 0. The van der Waals surface area contributed by atoms with Crippen molar-refractivity contribution in [2.75, 3.05) is 0 Å². The third kappa shape index (κ3) is 7.47. The third-order valence-corrected chi connectivity index (χ3v) is 2.98. The van der Waals surface area contributed by atoms with Crippen molar-refractivity contribution in [1.82, 2.24) is 0 Å². The van der Waals surface area contributed by atoms with E-state index in [1.165, 1.54) is 17.4 Å². The lowest BCUT2D eigenvalue weighted by Gasteiger charge is -1.98. The molecule has 1 aromatic rings. The fraction of sp³-hybridized carbons (Fsp3) is 0.294. The monoisotopic (exact) mass is 305 g/mol. The highest BCUT2D eigenvalue weighted by Gasteiger charge is 2.05. The van der Waals surface area contributed by atoms with E-state index in [4.69, 9.17) is 16.4 Å². The first-order valence-electron chi connectivity index (χ1n) is 6.78. The van der Waals surface area contributed by atoms with Crippen LogP contribution in [-0.2, 0) is 4.84 Å². The molecule has 0 spiro atoms. The van der Waals surface area contributed by atoms with Gasteiger partial charge in [-0.2, -0.15) is 0 Å². The molecule has 21 heavy (non-hydrogen) atoms. The Bertz CT molecular complexity index is 553. The maximum absolute atomic E-state index is 11.6. The van der Waals surface area contributed by atoms with Gasteiger partial charge in [0.25, 0.3) is 0 Å². The molecule has 0 unspecified atom stereocenters. The summed E-state index contributed by atoms with van der Waals surface area (Å²) in [5.74, 6) is -0.501. The van der Waals surface area contributed by atoms with E-state index in [1.54, 1.807) is 24.3 Å². The summed E-state index contributed by atoms with van der Waals surface area (Å²) in [7, 11) is 0. The van der Waals surface area contributed by atoms with E-state index in [0.717, 1.165) is 12.8 Å². The predicted molar refractivity (Wildman–Crippen MR) is 87.8 cm³/mol. The molecule has 0 N–H and O–H groups in total. The Kier molecular flexibility index (Phi) is 7.48. The highest BCUT2D eigenvalue weighted by atomic mass is 35.5. The first-order valence-corrected chi connectivity index (χ1v) is 7.16. The average molecular weight is 306 g/mol. The Balaban J connectivity index is 2.41. The smallest absolute Gasteiger partial charge is 0.313 e. The molecule has 0 heterocycles. The maximum atomic E-state index is 11.6. The summed E-state index contributed by atoms with van der Waals surface area (Å²) in [4.78, 5) is 16.4. The van der Waals surface area contributed by atoms with Crippen LogP contribution in [0.3, 0.4) is 0 Å². The summed E-state index contributed by atoms with van der Waals surface area (Å²) < 4.78 is 0. The van der Waals surface area contributed by atoms with Crippen LogP contribution in [0.2, 0.25) is 5.02 Å². The van der Waals surface area contributed by atoms with Crippen molar-refractivity contribution in [1.29, 1.82) is 0 Å². The summed E-state index contributed by atoms with van der Waals surface area (Å²) in [5, 5.41) is 4.23. The number of halogens is 1. The fourth-order valence-corrected chi connectivity index (χ4v) is 1.67. The molecule has 0 aliphatic rings. The van der Waals surface area contributed by atoms with Crippen molar-refractivity contribution < 1.29 is 9.63 Å². The van der Waals surface area contributed by atoms with Crippen molar-refractivity contribution in [2.45, 2.75) is 33.6 Å². The van der Waals surface area contributed by atoms with Crippen LogP contribution >= 0.6 is 11.6 Å². The third-order valence-electron chi connectivity index (χ3n) is 2.73. The number of carbonyl (C=O) groups excluding carboxylic acids is 1. The summed E-state index contributed by atoms with van der Waals surface area (Å²) in [5.41, 5.74) is 2.91. The molecule has 0 aliphatic heterocycles. The SMILES string of the molecule is CC(C)=CCC/C(C)=C/C=N/OC(=O)c1ccc(Cl)cc1. The van der Waals surface area contributed by atoms with Crippen molar-refractivity contribution in [2.24, 2.45) is 5.16 Å². The molecule has 0 radical (unpaired) electrons. The Morgan fingerprint density at radius 1 is 1.24 bits per heavy atom. The minimum absolute atomic E-state index is 0.417. The molecule has 1 rings (SSSR count). The Morgan fingerprint density at radius 3 is 2.52 bits per heavy atom. The van der Waals surface area contributed by atoms with Gasteiger partial charge in [-0.05, 0) is 64.0 Å². The van der Waals surface area contributed by atoms with Gasteiger partial charge in [0.2, 0.25) is 0 Å². The molecule has 0 bridgehead atoms. The van der Waals surface area contributed by atoms with Crippen molar-refractivity contribution in [3.63, 3.8) is 0 Å². The summed E-state index contributed by atoms with van der Waals surface area (Å²) in [6.45, 7) is 6.18. The standard InChI is InChI=1S/C17H20ClNO2/c1-13(2)5-4-6-14(3)11-12-19-21-17(20)15-7-9-16(18)10-8-15/h5,7-12H,4,6H2,1-3H3/b14-11+,19-12+. The van der Waals surface area contributed by atoms with Gasteiger partial charge in [0.15, 0.2) is 0 Å². The largest absolute Gasteiger partial charge is 0.365 e. The molecular formula is C17H20ClNO2. The van der Waals surface area contributed by atoms with Crippen LogP contribution < -0.4 is 0 Å². The van der Waals surface area contributed by atoms with E-state index in [9.17, 15) is 4.79 Å². The van der Waals surface area contributed by atoms with Crippen molar-refractivity contribution >= 4 is 23.8 Å². The molecule has 0 amide bonds. The normalized spacial score (nSPS) is 11.5. The van der Waals surface area contributed by atoms with Crippen LogP contribution in [0.4, 0.5) is 0 Å². The number of oxime groups is 1. The highest BCUT2D eigenvalue weighted by molar-refractivity contribution is 6.30. The summed E-state index contributed by atoms with van der Waals surface area (Å²) in [6, 6.07) is 6.46. The predicted octanol–water partition coefficient (Wildman–Crippen LogP) is 5.18. The number of nitrogens with zero attached hydrogens (tertiary/aromatic N) is 1. The van der Waals surface area contributed by atoms with Gasteiger partial charge in [-0.25, -0.2) is 4.79 Å². The van der Waals surface area contributed by atoms with Crippen molar-refractivity contribution in [3.8, 4) is 0 Å². The van der Waals surface area contributed by atoms with Crippen LogP contribution in [0.15, 0.2) is 52.7 Å². The minimum atomic E-state index is -0.501. The lowest BCUT2D eigenvalue weighted by atomic mass is 10.1. The van der Waals surface area contributed by atoms with Gasteiger partial charge in [0.05, 0.1) is 11.8 Å². The first kappa shape index (κ1) is 17.2. The second-order valence-corrected chi connectivity index (χ2v) is 5.41. The van der Waals surface area contributed by atoms with E-state index >= 15 is 0 Å². The molecule has 1 aromatic carbocycles. The Labute approximate surface area is 130 Å². The Morgan fingerprint density at radius 2 is 1.90 bits per heavy atom. The topological polar surface area (TPSA) is 38.7 Å². The number of benzene rings is 1. The van der Waals surface area contributed by atoms with Gasteiger partial charge >= 0.3 is 5.97 Å². The van der Waals surface area contributed by atoms with Crippen LogP contribution in [0.25, 0.3) is 0 Å². The second-order valence-electron chi connectivity index (χ2n) is 4.97. The van der Waals surface area contributed by atoms with E-state index in [0.29, 0.717) is 10.6 Å². The lowest BCUT2D eigenvalue weighted by Crippen LogP contribution is -2.00. The number of carbonyl (C=O) groups is 1. The number of hydrogen-bond acceptors (Lipinski definition) is 3. The molecule has 0 saturated heterocycles. The molecule has 0 atom stereocenters. The molecule has 0 saturated carbocycles. The Hall–Kier alpha value is -1.87. The molecule has 4 heteroatoms. The van der Waals surface area contributed by atoms with E-state index in [-0.39, 0.29) is 0 Å². The molecular weight excluding hydrogens is 286 g/mol. The second kappa shape index (κ2) is 9.14. The van der Waals surface area contributed by atoms with Crippen molar-refractivity contribution in [3.05, 3.63) is 58.1 Å². The average Bonchev–Trinajstić information content (AvgIpc) is 2.43. The maximum Gasteiger partial charge on any atom is 0.365 e. The van der Waals surface area contributed by atoms with E-state index in [1.807, 2.05) is 13.0 Å². The minimum Gasteiger partial charge on any atom is -0.313 e. The number of allylic oxidation sites excluding steroid dienone is 4. The molecule has 0 aromatic heterocycles. The van der Waals surface area contributed by atoms with Gasteiger partial charge in [0.1, 0.15) is 0 Å². The summed E-state index contributed by atoms with van der Waals surface area (Å²) >= 11 is 5.75. The molecule has 112 valence electrons. The van der Waals surface area contributed by atoms with Gasteiger partial charge in [0, 0.05) is 5.02 Å². The zero-order valence-corrected chi connectivity index (χ0v) is 13.4. The molecule has 3 nitrogen and oxygen atoms in total. The number of rotatable bonds is 6. The zero-order chi connectivity index (χ0) is 15.7. The first-order chi connectivity index (χ1) is 9.99. The fourth-order valence-electron chi connectivity index (χ4n) is 1.55. The van der Waals surface area contributed by atoms with Crippen LogP contribution in [0, 0.1) is 0 Å². The quantitative estimate of drug-likeness (QED) is 0.314. The van der Waals surface area contributed by atoms with E-state index in [2.05, 4.69) is 25.1 Å². The van der Waals surface area contributed by atoms with Gasteiger partial charge in [-0.1, -0.05) is 34.0 Å². The van der Waals surface area contributed by atoms with Gasteiger partial charge in [-0.15, -0.1) is 0 Å².